The van der Waals surface area contributed by atoms with Crippen LogP contribution in [0, 0.1) is 5.41 Å². The number of rotatable bonds is 3. The van der Waals surface area contributed by atoms with Gasteiger partial charge in [0, 0.05) is 24.6 Å². The van der Waals surface area contributed by atoms with Crippen molar-refractivity contribution in [1.82, 2.24) is 4.31 Å². The number of carboxylic acids is 1. The third-order valence-corrected chi connectivity index (χ3v) is 5.70. The van der Waals surface area contributed by atoms with Crippen LogP contribution in [-0.4, -0.2) is 56.9 Å². The van der Waals surface area contributed by atoms with Gasteiger partial charge in [-0.05, 0) is 6.07 Å². The molecule has 0 aromatic heterocycles. The molecule has 22 heavy (non-hydrogen) atoms. The van der Waals surface area contributed by atoms with Gasteiger partial charge in [0.15, 0.2) is 11.5 Å². The fourth-order valence-electron chi connectivity index (χ4n) is 3.26. The lowest BCUT2D eigenvalue weighted by atomic mass is 9.73. The first-order chi connectivity index (χ1) is 10.3. The predicted octanol–water partition coefficient (Wildman–Crippen LogP) is 0.517. The predicted molar refractivity (Wildman–Crippen MR) is 77.7 cm³/mol. The molecule has 0 saturated carbocycles. The number of para-hydroxylation sites is 1. The summed E-state index contributed by atoms with van der Waals surface area (Å²) in [4.78, 5) is 11.9. The first kappa shape index (κ1) is 15.1. The molecule has 120 valence electrons. The lowest BCUT2D eigenvalue weighted by molar-refractivity contribution is -0.151. The second-order valence-electron chi connectivity index (χ2n) is 5.74. The molecule has 0 bridgehead atoms. The quantitative estimate of drug-likeness (QED) is 0.870. The Kier molecular flexibility index (Phi) is 3.33. The molecular weight excluding hydrogens is 310 g/mol. The number of hydrogen-bond donors (Lipinski definition) is 1. The number of carboxylic acid groups (broad SMARTS) is 1. The summed E-state index contributed by atoms with van der Waals surface area (Å²) in [6.07, 6.45) is 1.09. The van der Waals surface area contributed by atoms with E-state index < -0.39 is 27.3 Å². The summed E-state index contributed by atoms with van der Waals surface area (Å²) in [5.74, 6) is -0.479. The highest BCUT2D eigenvalue weighted by molar-refractivity contribution is 7.88. The van der Waals surface area contributed by atoms with Gasteiger partial charge in [-0.1, -0.05) is 12.1 Å². The maximum atomic E-state index is 11.9. The molecule has 3 rings (SSSR count). The van der Waals surface area contributed by atoms with Gasteiger partial charge in [0.2, 0.25) is 10.0 Å². The van der Waals surface area contributed by atoms with Crippen LogP contribution in [-0.2, 0) is 14.8 Å². The van der Waals surface area contributed by atoms with Gasteiger partial charge in [0.1, 0.15) is 12.0 Å². The van der Waals surface area contributed by atoms with Crippen LogP contribution in [0.4, 0.5) is 0 Å². The average Bonchev–Trinajstić information content (AvgIpc) is 2.88. The Morgan fingerprint density at radius 3 is 2.82 bits per heavy atom. The number of carbonyl (C=O) groups is 1. The first-order valence-corrected chi connectivity index (χ1v) is 8.62. The third kappa shape index (κ3) is 2.05. The number of sulfonamides is 1. The number of nitrogens with zero attached hydrogens (tertiary/aromatic N) is 1. The molecule has 2 heterocycles. The first-order valence-electron chi connectivity index (χ1n) is 6.78. The van der Waals surface area contributed by atoms with E-state index in [9.17, 15) is 18.3 Å². The zero-order valence-electron chi connectivity index (χ0n) is 12.3. The molecule has 1 aromatic rings. The van der Waals surface area contributed by atoms with Crippen LogP contribution in [0.3, 0.4) is 0 Å². The van der Waals surface area contributed by atoms with Crippen molar-refractivity contribution in [1.29, 1.82) is 0 Å². The lowest BCUT2D eigenvalue weighted by Gasteiger charge is -2.36. The molecule has 1 fully saturated rings. The van der Waals surface area contributed by atoms with Gasteiger partial charge in [-0.2, -0.15) is 0 Å². The highest BCUT2D eigenvalue weighted by Crippen LogP contribution is 2.52. The average molecular weight is 327 g/mol. The van der Waals surface area contributed by atoms with Crippen molar-refractivity contribution in [2.45, 2.75) is 5.92 Å². The van der Waals surface area contributed by atoms with Crippen LogP contribution in [0.15, 0.2) is 18.2 Å². The Morgan fingerprint density at radius 2 is 2.23 bits per heavy atom. The van der Waals surface area contributed by atoms with Crippen molar-refractivity contribution in [3.8, 4) is 11.5 Å². The zero-order valence-corrected chi connectivity index (χ0v) is 13.1. The molecule has 0 unspecified atom stereocenters. The van der Waals surface area contributed by atoms with Crippen LogP contribution in [0.2, 0.25) is 0 Å². The fourth-order valence-corrected chi connectivity index (χ4v) is 4.15. The Balaban J connectivity index is 2.13. The molecule has 7 nitrogen and oxygen atoms in total. The van der Waals surface area contributed by atoms with Crippen molar-refractivity contribution in [2.24, 2.45) is 5.41 Å². The summed E-state index contributed by atoms with van der Waals surface area (Å²) in [6, 6.07) is 5.25. The maximum absolute atomic E-state index is 11.9. The number of ether oxygens (including phenoxy) is 2. The molecule has 8 heteroatoms. The summed E-state index contributed by atoms with van der Waals surface area (Å²) in [6.45, 7) is -0.0243. The summed E-state index contributed by atoms with van der Waals surface area (Å²) in [7, 11) is -1.96. The Labute approximate surface area is 128 Å². The van der Waals surface area contributed by atoms with E-state index in [0.717, 1.165) is 6.26 Å². The number of methoxy groups -OCH3 is 1. The van der Waals surface area contributed by atoms with Gasteiger partial charge in [-0.15, -0.1) is 0 Å². The summed E-state index contributed by atoms with van der Waals surface area (Å²) >= 11 is 0. The molecule has 0 aliphatic carbocycles. The van der Waals surface area contributed by atoms with Crippen molar-refractivity contribution in [3.63, 3.8) is 0 Å². The van der Waals surface area contributed by atoms with Crippen LogP contribution >= 0.6 is 0 Å². The van der Waals surface area contributed by atoms with Crippen LogP contribution < -0.4 is 9.47 Å². The number of fused-ring (bicyclic) bond motifs is 3. The lowest BCUT2D eigenvalue weighted by Crippen LogP contribution is -2.46. The second-order valence-corrected chi connectivity index (χ2v) is 7.72. The number of aliphatic carboxylic acids is 1. The van der Waals surface area contributed by atoms with E-state index in [-0.39, 0.29) is 19.7 Å². The molecule has 1 saturated heterocycles. The monoisotopic (exact) mass is 327 g/mol. The van der Waals surface area contributed by atoms with Gasteiger partial charge in [0.05, 0.1) is 13.4 Å². The SMILES string of the molecule is COc1cccc2c1OC[C@]1(C(=O)O)CN(S(C)(=O)=O)C[C@H]21. The van der Waals surface area contributed by atoms with E-state index >= 15 is 0 Å². The van der Waals surface area contributed by atoms with E-state index in [0.29, 0.717) is 17.1 Å². The van der Waals surface area contributed by atoms with Gasteiger partial charge in [0.25, 0.3) is 0 Å². The van der Waals surface area contributed by atoms with Gasteiger partial charge in [-0.25, -0.2) is 12.7 Å². The van der Waals surface area contributed by atoms with Crippen molar-refractivity contribution < 1.29 is 27.8 Å². The van der Waals surface area contributed by atoms with Gasteiger partial charge >= 0.3 is 5.97 Å². The molecule has 0 spiro atoms. The number of benzene rings is 1. The molecule has 1 N–H and O–H groups in total. The normalized spacial score (nSPS) is 27.6. The molecule has 0 radical (unpaired) electrons. The minimum absolute atomic E-state index is 0.0770. The summed E-state index contributed by atoms with van der Waals surface area (Å²) in [5, 5.41) is 9.70. The van der Waals surface area contributed by atoms with E-state index in [1.165, 1.54) is 11.4 Å². The number of hydrogen-bond acceptors (Lipinski definition) is 5. The summed E-state index contributed by atoms with van der Waals surface area (Å²) < 4.78 is 35.8. The Bertz CT molecular complexity index is 731. The molecular formula is C14H17NO6S. The maximum Gasteiger partial charge on any atom is 0.315 e. The van der Waals surface area contributed by atoms with Crippen LogP contribution in [0.5, 0.6) is 11.5 Å². The Hall–Kier alpha value is -1.80. The van der Waals surface area contributed by atoms with Crippen molar-refractivity contribution in [3.05, 3.63) is 23.8 Å². The second kappa shape index (κ2) is 4.85. The zero-order chi connectivity index (χ0) is 16.1. The molecule has 2 aliphatic heterocycles. The minimum Gasteiger partial charge on any atom is -0.493 e. The largest absolute Gasteiger partial charge is 0.493 e. The van der Waals surface area contributed by atoms with E-state index in [1.54, 1.807) is 18.2 Å². The molecule has 2 atom stereocenters. The topological polar surface area (TPSA) is 93.1 Å². The van der Waals surface area contributed by atoms with E-state index in [4.69, 9.17) is 9.47 Å². The van der Waals surface area contributed by atoms with Crippen LogP contribution in [0.1, 0.15) is 11.5 Å². The summed E-state index contributed by atoms with van der Waals surface area (Å²) in [5.41, 5.74) is -0.582. The smallest absolute Gasteiger partial charge is 0.315 e. The highest BCUT2D eigenvalue weighted by Gasteiger charge is 2.58. The van der Waals surface area contributed by atoms with E-state index in [2.05, 4.69) is 0 Å². The van der Waals surface area contributed by atoms with Crippen LogP contribution in [0.25, 0.3) is 0 Å². The van der Waals surface area contributed by atoms with Crippen molar-refractivity contribution >= 4 is 16.0 Å². The van der Waals surface area contributed by atoms with Crippen molar-refractivity contribution in [2.75, 3.05) is 33.1 Å². The molecule has 1 aromatic carbocycles. The fraction of sp³-hybridized carbons (Fsp3) is 0.500. The van der Waals surface area contributed by atoms with Gasteiger partial charge < -0.3 is 14.6 Å². The third-order valence-electron chi connectivity index (χ3n) is 4.49. The molecule has 2 aliphatic rings. The van der Waals surface area contributed by atoms with E-state index in [1.807, 2.05) is 0 Å². The van der Waals surface area contributed by atoms with Gasteiger partial charge in [-0.3, -0.25) is 4.79 Å². The standard InChI is InChI=1S/C14H17NO6S/c1-20-11-5-3-4-9-10-6-15(22(2,18)19)7-14(10,13(16)17)8-21-12(9)11/h3-5,10H,6-8H2,1-2H3,(H,16,17)/t10-,14-/m1/s1. The molecule has 0 amide bonds. The Morgan fingerprint density at radius 1 is 1.50 bits per heavy atom. The minimum atomic E-state index is -3.47. The highest BCUT2D eigenvalue weighted by atomic mass is 32.2.